The maximum Gasteiger partial charge on any atom is 0.317 e. The van der Waals surface area contributed by atoms with E-state index in [-0.39, 0.29) is 12.1 Å². The van der Waals surface area contributed by atoms with Crippen molar-refractivity contribution in [3.8, 4) is 5.75 Å². The Morgan fingerprint density at radius 3 is 2.89 bits per heavy atom. The fraction of sp³-hybridized carbons (Fsp3) is 0.350. The summed E-state index contributed by atoms with van der Waals surface area (Å²) in [6.07, 6.45) is 2.42. The summed E-state index contributed by atoms with van der Waals surface area (Å²) in [5.41, 5.74) is 2.13. The lowest BCUT2D eigenvalue weighted by Crippen LogP contribution is -2.55. The summed E-state index contributed by atoms with van der Waals surface area (Å²) in [5.74, 6) is 1.89. The maximum atomic E-state index is 12.7. The van der Waals surface area contributed by atoms with Crippen LogP contribution in [0.5, 0.6) is 5.75 Å². The van der Waals surface area contributed by atoms with Crippen LogP contribution in [0.3, 0.4) is 0 Å². The number of hydrogen-bond acceptors (Lipinski definition) is 6. The van der Waals surface area contributed by atoms with E-state index in [2.05, 4.69) is 26.3 Å². The summed E-state index contributed by atoms with van der Waals surface area (Å²) in [5, 5.41) is 5.17. The van der Waals surface area contributed by atoms with Crippen LogP contribution in [-0.2, 0) is 6.42 Å². The van der Waals surface area contributed by atoms with Gasteiger partial charge in [0.25, 0.3) is 0 Å². The maximum absolute atomic E-state index is 12.7. The molecule has 4 heterocycles. The number of fused-ring (bicyclic) bond motifs is 2. The van der Waals surface area contributed by atoms with Crippen molar-refractivity contribution >= 4 is 33.4 Å². The molecule has 28 heavy (non-hydrogen) atoms. The SMILES string of the molecule is O=C(NC1COc2ccccc2C1)N1CCN(c2ncnc3ccsc23)CC1. The van der Waals surface area contributed by atoms with Crippen LogP contribution in [0.2, 0.25) is 0 Å². The molecule has 0 bridgehead atoms. The quantitative estimate of drug-likeness (QED) is 0.722. The highest BCUT2D eigenvalue weighted by Gasteiger charge is 2.27. The van der Waals surface area contributed by atoms with E-state index in [0.29, 0.717) is 19.7 Å². The van der Waals surface area contributed by atoms with Crippen LogP contribution < -0.4 is 15.0 Å². The third-order valence-electron chi connectivity index (χ3n) is 5.30. The highest BCUT2D eigenvalue weighted by molar-refractivity contribution is 7.17. The van der Waals surface area contributed by atoms with Crippen LogP contribution in [0.15, 0.2) is 42.0 Å². The molecule has 3 aromatic rings. The lowest BCUT2D eigenvalue weighted by molar-refractivity contribution is 0.178. The van der Waals surface area contributed by atoms with E-state index in [9.17, 15) is 4.79 Å². The van der Waals surface area contributed by atoms with Crippen LogP contribution in [0.25, 0.3) is 10.2 Å². The van der Waals surface area contributed by atoms with Crippen molar-refractivity contribution in [2.75, 3.05) is 37.7 Å². The number of rotatable bonds is 2. The largest absolute Gasteiger partial charge is 0.491 e. The third-order valence-corrected chi connectivity index (χ3v) is 6.20. The van der Waals surface area contributed by atoms with Gasteiger partial charge in [0.15, 0.2) is 0 Å². The first-order chi connectivity index (χ1) is 13.8. The number of benzene rings is 1. The van der Waals surface area contributed by atoms with Crippen molar-refractivity contribution in [2.45, 2.75) is 12.5 Å². The van der Waals surface area contributed by atoms with Gasteiger partial charge >= 0.3 is 6.03 Å². The van der Waals surface area contributed by atoms with E-state index in [1.54, 1.807) is 17.7 Å². The molecule has 1 fully saturated rings. The highest BCUT2D eigenvalue weighted by Crippen LogP contribution is 2.28. The Morgan fingerprint density at radius 1 is 1.14 bits per heavy atom. The van der Waals surface area contributed by atoms with Gasteiger partial charge in [0.05, 0.1) is 16.3 Å². The molecule has 1 atom stereocenters. The molecule has 0 radical (unpaired) electrons. The lowest BCUT2D eigenvalue weighted by Gasteiger charge is -2.36. The standard InChI is InChI=1S/C20H21N5O2S/c26-20(23-15-11-14-3-1-2-4-17(14)27-12-15)25-8-6-24(7-9-25)19-18-16(5-10-28-18)21-13-22-19/h1-5,10,13,15H,6-9,11-12H2,(H,23,26). The van der Waals surface area contributed by atoms with Gasteiger partial charge < -0.3 is 19.9 Å². The number of aromatic nitrogens is 2. The first kappa shape index (κ1) is 17.2. The van der Waals surface area contributed by atoms with Crippen molar-refractivity contribution in [3.05, 3.63) is 47.6 Å². The van der Waals surface area contributed by atoms with E-state index in [1.165, 1.54) is 0 Å². The molecule has 8 heteroatoms. The van der Waals surface area contributed by atoms with Gasteiger partial charge in [-0.1, -0.05) is 18.2 Å². The molecule has 144 valence electrons. The normalized spacial score (nSPS) is 19.2. The number of piperazine rings is 1. The number of nitrogens with one attached hydrogen (secondary N) is 1. The zero-order chi connectivity index (χ0) is 18.9. The van der Waals surface area contributed by atoms with Crippen molar-refractivity contribution < 1.29 is 9.53 Å². The number of urea groups is 1. The van der Waals surface area contributed by atoms with E-state index >= 15 is 0 Å². The first-order valence-corrected chi connectivity index (χ1v) is 10.4. The molecular formula is C20H21N5O2S. The fourth-order valence-corrected chi connectivity index (χ4v) is 4.67. The van der Waals surface area contributed by atoms with Crippen LogP contribution >= 0.6 is 11.3 Å². The summed E-state index contributed by atoms with van der Waals surface area (Å²) < 4.78 is 6.89. The zero-order valence-corrected chi connectivity index (χ0v) is 16.2. The third kappa shape index (κ3) is 3.24. The number of para-hydroxylation sites is 1. The second kappa shape index (κ2) is 7.27. The lowest BCUT2D eigenvalue weighted by atomic mass is 10.0. The average Bonchev–Trinajstić information content (AvgIpc) is 3.23. The second-order valence-corrected chi connectivity index (χ2v) is 7.99. The van der Waals surface area contributed by atoms with Crippen molar-refractivity contribution in [2.24, 2.45) is 0 Å². The minimum atomic E-state index is -0.0170. The molecule has 0 aliphatic carbocycles. The minimum Gasteiger partial charge on any atom is -0.491 e. The van der Waals surface area contributed by atoms with Gasteiger partial charge in [-0.2, -0.15) is 0 Å². The van der Waals surface area contributed by atoms with Crippen molar-refractivity contribution in [1.82, 2.24) is 20.2 Å². The molecule has 2 aliphatic rings. The molecule has 2 aromatic heterocycles. The molecule has 1 N–H and O–H groups in total. The minimum absolute atomic E-state index is 0.00744. The number of amides is 2. The number of ether oxygens (including phenoxy) is 1. The molecule has 1 saturated heterocycles. The molecule has 0 spiro atoms. The van der Waals surface area contributed by atoms with Gasteiger partial charge in [-0.3, -0.25) is 0 Å². The van der Waals surface area contributed by atoms with Crippen LogP contribution in [0, 0.1) is 0 Å². The Hall–Kier alpha value is -2.87. The molecule has 2 aliphatic heterocycles. The molecule has 7 nitrogen and oxygen atoms in total. The Kier molecular flexibility index (Phi) is 4.48. The fourth-order valence-electron chi connectivity index (χ4n) is 3.81. The average molecular weight is 395 g/mol. The molecule has 1 unspecified atom stereocenters. The van der Waals surface area contributed by atoms with Crippen molar-refractivity contribution in [1.29, 1.82) is 0 Å². The van der Waals surface area contributed by atoms with Crippen LogP contribution in [0.4, 0.5) is 10.6 Å². The van der Waals surface area contributed by atoms with Gasteiger partial charge in [-0.15, -0.1) is 11.3 Å². The number of anilines is 1. The van der Waals surface area contributed by atoms with E-state index in [0.717, 1.165) is 46.9 Å². The number of carbonyl (C=O) groups excluding carboxylic acids is 1. The van der Waals surface area contributed by atoms with Crippen molar-refractivity contribution in [3.63, 3.8) is 0 Å². The summed E-state index contributed by atoms with van der Waals surface area (Å²) in [4.78, 5) is 25.6. The van der Waals surface area contributed by atoms with Gasteiger partial charge in [-0.25, -0.2) is 14.8 Å². The Balaban J connectivity index is 1.19. The molecule has 2 amide bonds. The Bertz CT molecular complexity index is 999. The summed E-state index contributed by atoms with van der Waals surface area (Å²) in [7, 11) is 0. The number of carbonyl (C=O) groups is 1. The molecular weight excluding hydrogens is 374 g/mol. The van der Waals surface area contributed by atoms with Crippen LogP contribution in [0.1, 0.15) is 5.56 Å². The second-order valence-electron chi connectivity index (χ2n) is 7.08. The highest BCUT2D eigenvalue weighted by atomic mass is 32.1. The topological polar surface area (TPSA) is 70.6 Å². The monoisotopic (exact) mass is 395 g/mol. The smallest absolute Gasteiger partial charge is 0.317 e. The zero-order valence-electron chi connectivity index (χ0n) is 15.4. The predicted octanol–water partition coefficient (Wildman–Crippen LogP) is 2.53. The first-order valence-electron chi connectivity index (χ1n) is 9.47. The molecule has 0 saturated carbocycles. The van der Waals surface area contributed by atoms with E-state index in [4.69, 9.17) is 4.74 Å². The molecule has 1 aromatic carbocycles. The van der Waals surface area contributed by atoms with Crippen LogP contribution in [-0.4, -0.2) is 59.7 Å². The summed E-state index contributed by atoms with van der Waals surface area (Å²) >= 11 is 1.66. The number of nitrogens with zero attached hydrogens (tertiary/aromatic N) is 4. The van der Waals surface area contributed by atoms with Gasteiger partial charge in [0.1, 0.15) is 24.5 Å². The van der Waals surface area contributed by atoms with Gasteiger partial charge in [0.2, 0.25) is 0 Å². The number of hydrogen-bond donors (Lipinski definition) is 1. The van der Waals surface area contributed by atoms with Gasteiger partial charge in [0, 0.05) is 26.2 Å². The Labute approximate surface area is 167 Å². The molecule has 5 rings (SSSR count). The summed E-state index contributed by atoms with van der Waals surface area (Å²) in [6.45, 7) is 3.39. The Morgan fingerprint density at radius 2 is 2.00 bits per heavy atom. The van der Waals surface area contributed by atoms with E-state index in [1.807, 2.05) is 34.5 Å². The summed E-state index contributed by atoms with van der Waals surface area (Å²) in [6, 6.07) is 10.0. The number of thiophene rings is 1. The van der Waals surface area contributed by atoms with E-state index < -0.39 is 0 Å². The predicted molar refractivity (Wildman–Crippen MR) is 109 cm³/mol. The van der Waals surface area contributed by atoms with Gasteiger partial charge in [-0.05, 0) is 29.5 Å².